The predicted octanol–water partition coefficient (Wildman–Crippen LogP) is 2.21. The molecule has 0 atom stereocenters. The van der Waals surface area contributed by atoms with E-state index >= 15 is 0 Å². The van der Waals surface area contributed by atoms with Crippen LogP contribution in [0, 0.1) is 0 Å². The molecule has 4 nitrogen and oxygen atoms in total. The van der Waals surface area contributed by atoms with Crippen molar-refractivity contribution in [3.63, 3.8) is 0 Å². The number of hydrogen-bond acceptors (Lipinski definition) is 3. The molecular weight excluding hydrogens is 204 g/mol. The van der Waals surface area contributed by atoms with E-state index in [-0.39, 0.29) is 0 Å². The number of amides is 1. The third-order valence-corrected chi connectivity index (χ3v) is 2.58. The minimum Gasteiger partial charge on any atom is -0.451 e. The van der Waals surface area contributed by atoms with Crippen LogP contribution in [0.3, 0.4) is 0 Å². The molecule has 0 aromatic heterocycles. The van der Waals surface area contributed by atoms with Crippen molar-refractivity contribution in [3.8, 4) is 0 Å². The summed E-state index contributed by atoms with van der Waals surface area (Å²) in [4.78, 5) is 16.9. The Morgan fingerprint density at radius 2 is 2.12 bits per heavy atom. The average molecular weight is 216 g/mol. The number of likely N-dealkylation sites (N-methyl/N-ethyl adjacent to an activating group) is 1. The molecule has 4 heteroatoms. The summed E-state index contributed by atoms with van der Waals surface area (Å²) >= 11 is 0. The summed E-state index contributed by atoms with van der Waals surface area (Å²) < 4.78 is 4.52. The molecule has 0 spiro atoms. The van der Waals surface area contributed by atoms with E-state index in [0.717, 1.165) is 11.3 Å². The van der Waals surface area contributed by atoms with Crippen molar-refractivity contribution in [3.05, 3.63) is 42.1 Å². The van der Waals surface area contributed by atoms with Gasteiger partial charge in [0, 0.05) is 12.6 Å². The van der Waals surface area contributed by atoms with Gasteiger partial charge in [-0.3, -0.25) is 0 Å². The lowest BCUT2D eigenvalue weighted by Crippen LogP contribution is -2.14. The summed E-state index contributed by atoms with van der Waals surface area (Å²) in [5.74, 6) is 0. The van der Waals surface area contributed by atoms with Crippen LogP contribution in [0.1, 0.15) is 5.56 Å². The monoisotopic (exact) mass is 216 g/mol. The first-order valence-electron chi connectivity index (χ1n) is 4.84. The fourth-order valence-corrected chi connectivity index (χ4v) is 1.69. The maximum atomic E-state index is 11.2. The number of nitrogens with zero attached hydrogens (tertiary/aromatic N) is 2. The minimum absolute atomic E-state index is 0.574. The number of aliphatic imine (C=N–C) groups is 1. The van der Waals surface area contributed by atoms with Crippen molar-refractivity contribution in [1.29, 1.82) is 0 Å². The van der Waals surface area contributed by atoms with Gasteiger partial charge >= 0.3 is 6.09 Å². The van der Waals surface area contributed by atoms with Crippen LogP contribution in [0.2, 0.25) is 0 Å². The Hall–Kier alpha value is -2.10. The normalized spacial score (nSPS) is 16.5. The van der Waals surface area contributed by atoms with E-state index in [0.29, 0.717) is 11.4 Å². The predicted molar refractivity (Wildman–Crippen MR) is 62.9 cm³/mol. The second-order valence-electron chi connectivity index (χ2n) is 3.45. The number of benzene rings is 1. The molecule has 0 unspecified atom stereocenters. The van der Waals surface area contributed by atoms with E-state index in [4.69, 9.17) is 0 Å². The number of allylic oxidation sites excluding steroid dienone is 1. The first kappa shape index (κ1) is 10.4. The summed E-state index contributed by atoms with van der Waals surface area (Å²) in [5, 5.41) is 0. The second kappa shape index (κ2) is 3.81. The molecule has 1 aromatic rings. The number of carbonyl (C=O) groups is 1. The second-order valence-corrected chi connectivity index (χ2v) is 3.45. The minimum atomic E-state index is -0.610. The van der Waals surface area contributed by atoms with Gasteiger partial charge in [0.2, 0.25) is 0 Å². The van der Waals surface area contributed by atoms with Gasteiger partial charge in [-0.2, -0.15) is 4.99 Å². The number of fused-ring (bicyclic) bond motifs is 1. The molecular formula is C12H12N2O2. The molecule has 0 N–H and O–H groups in total. The van der Waals surface area contributed by atoms with Crippen molar-refractivity contribution >= 4 is 17.5 Å². The van der Waals surface area contributed by atoms with E-state index < -0.39 is 6.09 Å². The van der Waals surface area contributed by atoms with Crippen molar-refractivity contribution < 1.29 is 9.53 Å². The highest BCUT2D eigenvalue weighted by Gasteiger charge is 2.26. The lowest BCUT2D eigenvalue weighted by molar-refractivity contribution is 0.182. The number of anilines is 1. The van der Waals surface area contributed by atoms with E-state index in [1.807, 2.05) is 36.2 Å². The quantitative estimate of drug-likeness (QED) is 0.667. The van der Waals surface area contributed by atoms with E-state index in [1.54, 1.807) is 0 Å². The number of methoxy groups -OCH3 is 1. The number of rotatable bonds is 0. The molecule has 0 saturated heterocycles. The molecule has 2 rings (SSSR count). The van der Waals surface area contributed by atoms with Gasteiger partial charge in [0.05, 0.1) is 18.5 Å². The van der Waals surface area contributed by atoms with Crippen molar-refractivity contribution in [1.82, 2.24) is 0 Å². The third-order valence-electron chi connectivity index (χ3n) is 2.58. The molecule has 1 aliphatic heterocycles. The Labute approximate surface area is 93.9 Å². The zero-order valence-electron chi connectivity index (χ0n) is 9.23. The van der Waals surface area contributed by atoms with E-state index in [9.17, 15) is 4.79 Å². The van der Waals surface area contributed by atoms with Crippen LogP contribution in [0.25, 0.3) is 0 Å². The van der Waals surface area contributed by atoms with Gasteiger partial charge in [0.25, 0.3) is 0 Å². The zero-order valence-corrected chi connectivity index (χ0v) is 9.23. The smallest absolute Gasteiger partial charge is 0.433 e. The maximum absolute atomic E-state index is 11.2. The van der Waals surface area contributed by atoms with Crippen LogP contribution in [-0.2, 0) is 4.74 Å². The largest absolute Gasteiger partial charge is 0.451 e. The number of para-hydroxylation sites is 1. The molecule has 0 bridgehead atoms. The molecule has 1 aromatic carbocycles. The van der Waals surface area contributed by atoms with Crippen molar-refractivity contribution in [2.45, 2.75) is 0 Å². The lowest BCUT2D eigenvalue weighted by atomic mass is 10.1. The maximum Gasteiger partial charge on any atom is 0.433 e. The highest BCUT2D eigenvalue weighted by Crippen LogP contribution is 2.32. The van der Waals surface area contributed by atoms with Crippen molar-refractivity contribution in [2.75, 3.05) is 19.1 Å². The SMILES string of the molecule is C=C1C(=NC(=O)OC)c2ccccc2N1C. The van der Waals surface area contributed by atoms with Crippen LogP contribution in [0.5, 0.6) is 0 Å². The molecule has 82 valence electrons. The molecule has 0 saturated carbocycles. The third kappa shape index (κ3) is 1.48. The summed E-state index contributed by atoms with van der Waals surface area (Å²) in [6.07, 6.45) is -0.610. The lowest BCUT2D eigenvalue weighted by Gasteiger charge is -2.11. The fraction of sp³-hybridized carbons (Fsp3) is 0.167. The van der Waals surface area contributed by atoms with E-state index in [1.165, 1.54) is 7.11 Å². The van der Waals surface area contributed by atoms with Crippen LogP contribution >= 0.6 is 0 Å². The van der Waals surface area contributed by atoms with Gasteiger partial charge in [-0.15, -0.1) is 0 Å². The number of ether oxygens (including phenoxy) is 1. The van der Waals surface area contributed by atoms with Gasteiger partial charge in [0.1, 0.15) is 5.71 Å². The average Bonchev–Trinajstić information content (AvgIpc) is 2.55. The summed E-state index contributed by atoms with van der Waals surface area (Å²) in [6.45, 7) is 3.91. The molecule has 0 fully saturated rings. The molecule has 1 amide bonds. The topological polar surface area (TPSA) is 41.9 Å². The van der Waals surface area contributed by atoms with Crippen molar-refractivity contribution in [2.24, 2.45) is 4.99 Å². The summed E-state index contributed by atoms with van der Waals surface area (Å²) in [7, 11) is 3.20. The van der Waals surface area contributed by atoms with E-state index in [2.05, 4.69) is 16.3 Å². The molecule has 16 heavy (non-hydrogen) atoms. The molecule has 0 aliphatic carbocycles. The summed E-state index contributed by atoms with van der Waals surface area (Å²) in [6, 6.07) is 7.70. The van der Waals surface area contributed by atoms with Gasteiger partial charge in [0.15, 0.2) is 0 Å². The van der Waals surface area contributed by atoms with Crippen LogP contribution < -0.4 is 4.90 Å². The number of carbonyl (C=O) groups excluding carboxylic acids is 1. The first-order valence-corrected chi connectivity index (χ1v) is 4.84. The molecule has 1 heterocycles. The number of hydrogen-bond donors (Lipinski definition) is 0. The highest BCUT2D eigenvalue weighted by atomic mass is 16.5. The van der Waals surface area contributed by atoms with Crippen LogP contribution in [-0.4, -0.2) is 26.0 Å². The Morgan fingerprint density at radius 1 is 1.44 bits per heavy atom. The Kier molecular flexibility index (Phi) is 2.48. The van der Waals surface area contributed by atoms with Gasteiger partial charge in [-0.25, -0.2) is 4.79 Å². The Bertz CT molecular complexity index is 492. The summed E-state index contributed by atoms with van der Waals surface area (Å²) in [5.41, 5.74) is 3.17. The zero-order chi connectivity index (χ0) is 11.7. The van der Waals surface area contributed by atoms with Gasteiger partial charge in [-0.05, 0) is 6.07 Å². The highest BCUT2D eigenvalue weighted by molar-refractivity contribution is 6.23. The molecule has 1 aliphatic rings. The van der Waals surface area contributed by atoms with Crippen LogP contribution in [0.4, 0.5) is 10.5 Å². The first-order chi connectivity index (χ1) is 7.65. The van der Waals surface area contributed by atoms with Gasteiger partial charge < -0.3 is 9.64 Å². The van der Waals surface area contributed by atoms with Crippen LogP contribution in [0.15, 0.2) is 41.5 Å². The Balaban J connectivity index is 2.53. The van der Waals surface area contributed by atoms with Gasteiger partial charge in [-0.1, -0.05) is 24.8 Å². The molecule has 0 radical (unpaired) electrons. The Morgan fingerprint density at radius 3 is 2.81 bits per heavy atom. The fourth-order valence-electron chi connectivity index (χ4n) is 1.69. The standard InChI is InChI=1S/C12H12N2O2/c1-8-11(13-12(15)16-3)9-6-4-5-7-10(9)14(8)2/h4-7H,1H2,2-3H3.